The van der Waals surface area contributed by atoms with Gasteiger partial charge in [-0.3, -0.25) is 5.32 Å². The number of azo groups is 1. The Kier molecular flexibility index (Phi) is 5.19. The number of rotatable bonds is 5. The van der Waals surface area contributed by atoms with Crippen molar-refractivity contribution in [3.8, 4) is 5.82 Å². The van der Waals surface area contributed by atoms with E-state index in [0.29, 0.717) is 10.8 Å². The van der Waals surface area contributed by atoms with Crippen molar-refractivity contribution < 1.29 is 4.79 Å². The SMILES string of the molecule is NC(=O)Nc1nc(N2CCCCC2)sc1/N=N/c1ncnn1-c1ccccn1. The van der Waals surface area contributed by atoms with Gasteiger partial charge in [-0.15, -0.1) is 10.2 Å². The molecule has 1 aliphatic rings. The number of pyridine rings is 1. The lowest BCUT2D eigenvalue weighted by Gasteiger charge is -2.25. The average molecular weight is 398 g/mol. The number of thiazole rings is 1. The van der Waals surface area contributed by atoms with Crippen molar-refractivity contribution >= 4 is 39.3 Å². The number of piperidine rings is 1. The number of anilines is 2. The first-order valence-corrected chi connectivity index (χ1v) is 9.58. The highest BCUT2D eigenvalue weighted by atomic mass is 32.1. The number of carbonyl (C=O) groups excluding carboxylic acids is 1. The number of amides is 2. The summed E-state index contributed by atoms with van der Waals surface area (Å²) in [4.78, 5) is 26.3. The van der Waals surface area contributed by atoms with E-state index in [1.54, 1.807) is 12.3 Å². The molecule has 1 fully saturated rings. The fourth-order valence-corrected chi connectivity index (χ4v) is 3.72. The van der Waals surface area contributed by atoms with E-state index in [2.05, 4.69) is 40.5 Å². The molecule has 0 saturated carbocycles. The number of hydrogen-bond acceptors (Lipinski definition) is 9. The molecule has 28 heavy (non-hydrogen) atoms. The highest BCUT2D eigenvalue weighted by Crippen LogP contribution is 2.38. The van der Waals surface area contributed by atoms with Gasteiger partial charge in [-0.2, -0.15) is 19.7 Å². The third-order valence-corrected chi connectivity index (χ3v) is 5.09. The third-order valence-electron chi connectivity index (χ3n) is 4.09. The van der Waals surface area contributed by atoms with Crippen LogP contribution in [0.3, 0.4) is 0 Å². The van der Waals surface area contributed by atoms with Gasteiger partial charge in [0.1, 0.15) is 6.33 Å². The Morgan fingerprint density at radius 2 is 2.04 bits per heavy atom. The number of hydrogen-bond donors (Lipinski definition) is 2. The summed E-state index contributed by atoms with van der Waals surface area (Å²) >= 11 is 1.34. The summed E-state index contributed by atoms with van der Waals surface area (Å²) in [5, 5.41) is 16.3. The summed E-state index contributed by atoms with van der Waals surface area (Å²) in [5.74, 6) is 1.12. The number of urea groups is 1. The molecule has 4 rings (SSSR count). The van der Waals surface area contributed by atoms with Crippen molar-refractivity contribution in [2.75, 3.05) is 23.3 Å². The zero-order chi connectivity index (χ0) is 19.3. The van der Waals surface area contributed by atoms with E-state index in [4.69, 9.17) is 5.73 Å². The minimum atomic E-state index is -0.705. The predicted octanol–water partition coefficient (Wildman–Crippen LogP) is 3.02. The molecule has 1 saturated heterocycles. The van der Waals surface area contributed by atoms with Crippen LogP contribution < -0.4 is 16.0 Å². The largest absolute Gasteiger partial charge is 0.351 e. The first-order chi connectivity index (χ1) is 13.7. The second-order valence-corrected chi connectivity index (χ2v) is 7.00. The molecule has 0 aromatic carbocycles. The summed E-state index contributed by atoms with van der Waals surface area (Å²) in [5.41, 5.74) is 5.27. The van der Waals surface area contributed by atoms with Gasteiger partial charge in [0, 0.05) is 19.3 Å². The zero-order valence-corrected chi connectivity index (χ0v) is 15.7. The lowest BCUT2D eigenvalue weighted by molar-refractivity contribution is 0.259. The van der Waals surface area contributed by atoms with Crippen LogP contribution in [0.25, 0.3) is 5.82 Å². The fourth-order valence-electron chi connectivity index (χ4n) is 2.82. The molecule has 1 aliphatic heterocycles. The molecular weight excluding hydrogens is 380 g/mol. The minimum Gasteiger partial charge on any atom is -0.351 e. The van der Waals surface area contributed by atoms with Gasteiger partial charge in [0.25, 0.3) is 5.95 Å². The molecule has 3 aromatic heterocycles. The van der Waals surface area contributed by atoms with Crippen molar-refractivity contribution in [2.45, 2.75) is 19.3 Å². The maximum Gasteiger partial charge on any atom is 0.317 e. The Bertz CT molecular complexity index is 976. The number of carbonyl (C=O) groups is 1. The Morgan fingerprint density at radius 1 is 1.18 bits per heavy atom. The van der Waals surface area contributed by atoms with Crippen molar-refractivity contribution in [3.63, 3.8) is 0 Å². The smallest absolute Gasteiger partial charge is 0.317 e. The molecule has 0 bridgehead atoms. The van der Waals surface area contributed by atoms with Crippen molar-refractivity contribution in [1.82, 2.24) is 24.7 Å². The number of nitrogens with one attached hydrogen (secondary N) is 1. The van der Waals surface area contributed by atoms with Crippen molar-refractivity contribution in [1.29, 1.82) is 0 Å². The van der Waals surface area contributed by atoms with E-state index in [9.17, 15) is 4.79 Å². The van der Waals surface area contributed by atoms with Crippen LogP contribution >= 0.6 is 11.3 Å². The number of nitrogens with two attached hydrogens (primary N) is 1. The minimum absolute atomic E-state index is 0.261. The van der Waals surface area contributed by atoms with E-state index in [1.807, 2.05) is 12.1 Å². The number of primary amides is 1. The van der Waals surface area contributed by atoms with Crippen molar-refractivity contribution in [3.05, 3.63) is 30.7 Å². The van der Waals surface area contributed by atoms with E-state index >= 15 is 0 Å². The van der Waals surface area contributed by atoms with Crippen LogP contribution in [0.15, 0.2) is 41.0 Å². The molecule has 11 nitrogen and oxygen atoms in total. The van der Waals surface area contributed by atoms with Crippen LogP contribution in [0.2, 0.25) is 0 Å². The van der Waals surface area contributed by atoms with Gasteiger partial charge in [-0.05, 0) is 31.4 Å². The number of nitrogens with zero attached hydrogens (tertiary/aromatic N) is 8. The van der Waals surface area contributed by atoms with E-state index in [1.165, 1.54) is 28.8 Å². The van der Waals surface area contributed by atoms with Crippen molar-refractivity contribution in [2.24, 2.45) is 16.0 Å². The molecule has 4 heterocycles. The second-order valence-electron chi connectivity index (χ2n) is 6.05. The van der Waals surface area contributed by atoms with Crippen LogP contribution in [0.1, 0.15) is 19.3 Å². The Balaban J connectivity index is 1.63. The lowest BCUT2D eigenvalue weighted by Crippen LogP contribution is -2.29. The normalized spacial score (nSPS) is 14.5. The van der Waals surface area contributed by atoms with Crippen LogP contribution in [-0.2, 0) is 0 Å². The summed E-state index contributed by atoms with van der Waals surface area (Å²) in [6.07, 6.45) is 6.47. The molecule has 0 atom stereocenters. The molecule has 2 amide bonds. The standard InChI is InChI=1S/C16H18N10OS/c17-14(27)21-12-13(28-16(22-12)25-8-4-1-5-9-25)23-24-15-19-10-20-26(15)11-6-2-3-7-18-11/h2-3,6-7,10H,1,4-5,8-9H2,(H3,17,21,27)/b24-23+. The molecule has 0 aliphatic carbocycles. The van der Waals surface area contributed by atoms with Gasteiger partial charge in [-0.1, -0.05) is 17.4 Å². The molecule has 0 unspecified atom stereocenters. The lowest BCUT2D eigenvalue weighted by atomic mass is 10.1. The molecule has 0 spiro atoms. The van der Waals surface area contributed by atoms with Gasteiger partial charge >= 0.3 is 6.03 Å². The van der Waals surface area contributed by atoms with Crippen LogP contribution in [0, 0.1) is 0 Å². The highest BCUT2D eigenvalue weighted by Gasteiger charge is 2.19. The summed E-state index contributed by atoms with van der Waals surface area (Å²) < 4.78 is 1.47. The molecule has 3 N–H and O–H groups in total. The fraction of sp³-hybridized carbons (Fsp3) is 0.312. The van der Waals surface area contributed by atoms with E-state index in [0.717, 1.165) is 31.1 Å². The topological polar surface area (TPSA) is 140 Å². The van der Waals surface area contributed by atoms with Gasteiger partial charge in [0.15, 0.2) is 21.8 Å². The van der Waals surface area contributed by atoms with E-state index in [-0.39, 0.29) is 11.8 Å². The molecule has 3 aromatic rings. The Hall–Kier alpha value is -3.41. The van der Waals surface area contributed by atoms with Crippen LogP contribution in [0.4, 0.5) is 26.7 Å². The molecular formula is C16H18N10OS. The first kappa shape index (κ1) is 18.0. The van der Waals surface area contributed by atoms with Gasteiger partial charge in [-0.25, -0.2) is 9.78 Å². The van der Waals surface area contributed by atoms with Gasteiger partial charge in [0.2, 0.25) is 0 Å². The Labute approximate surface area is 164 Å². The van der Waals surface area contributed by atoms with Crippen LogP contribution in [-0.4, -0.2) is 43.9 Å². The third kappa shape index (κ3) is 3.96. The van der Waals surface area contributed by atoms with Gasteiger partial charge in [0.05, 0.1) is 0 Å². The quantitative estimate of drug-likeness (QED) is 0.633. The summed E-state index contributed by atoms with van der Waals surface area (Å²) in [7, 11) is 0. The highest BCUT2D eigenvalue weighted by molar-refractivity contribution is 7.19. The predicted molar refractivity (Wildman–Crippen MR) is 105 cm³/mol. The summed E-state index contributed by atoms with van der Waals surface area (Å²) in [6.45, 7) is 1.85. The maximum atomic E-state index is 11.3. The first-order valence-electron chi connectivity index (χ1n) is 8.76. The maximum absolute atomic E-state index is 11.3. The van der Waals surface area contributed by atoms with Gasteiger partial charge < -0.3 is 10.6 Å². The monoisotopic (exact) mass is 398 g/mol. The zero-order valence-electron chi connectivity index (χ0n) is 14.9. The summed E-state index contributed by atoms with van der Waals surface area (Å²) in [6, 6.07) is 4.73. The van der Waals surface area contributed by atoms with Crippen LogP contribution in [0.5, 0.6) is 0 Å². The van der Waals surface area contributed by atoms with E-state index < -0.39 is 6.03 Å². The molecule has 12 heteroatoms. The average Bonchev–Trinajstić information content (AvgIpc) is 3.34. The molecule has 144 valence electrons. The molecule has 0 radical (unpaired) electrons. The second kappa shape index (κ2) is 8.08. The number of aromatic nitrogens is 5. The Morgan fingerprint density at radius 3 is 2.79 bits per heavy atom.